The first-order valence-corrected chi connectivity index (χ1v) is 9.29. The van der Waals surface area contributed by atoms with E-state index in [-0.39, 0.29) is 5.91 Å². The van der Waals surface area contributed by atoms with Crippen molar-refractivity contribution >= 4 is 17.6 Å². The van der Waals surface area contributed by atoms with E-state index in [4.69, 9.17) is 15.6 Å². The molecule has 3 atom stereocenters. The molecule has 2 aliphatic rings. The number of nitrogens with zero attached hydrogens (tertiary/aromatic N) is 1. The van der Waals surface area contributed by atoms with Gasteiger partial charge in [-0.2, -0.15) is 13.2 Å². The van der Waals surface area contributed by atoms with Crippen molar-refractivity contribution in [3.8, 4) is 0 Å². The first kappa shape index (κ1) is 22.2. The van der Waals surface area contributed by atoms with Crippen molar-refractivity contribution in [3.05, 3.63) is 29.3 Å². The predicted octanol–water partition coefficient (Wildman–Crippen LogP) is 2.58. The highest BCUT2D eigenvalue weighted by Crippen LogP contribution is 2.41. The molecule has 1 aromatic carbocycles. The van der Waals surface area contributed by atoms with Crippen LogP contribution in [0.15, 0.2) is 18.2 Å². The van der Waals surface area contributed by atoms with Gasteiger partial charge in [-0.25, -0.2) is 4.79 Å². The summed E-state index contributed by atoms with van der Waals surface area (Å²) in [6.45, 7) is 7.93. The number of likely N-dealkylation sites (tertiary alicyclic amines) is 1. The largest absolute Gasteiger partial charge is 0.490 e. The third-order valence-electron chi connectivity index (χ3n) is 5.79. The summed E-state index contributed by atoms with van der Waals surface area (Å²) in [4.78, 5) is 20.3. The Morgan fingerprint density at radius 3 is 2.32 bits per heavy atom. The Balaban J connectivity index is 0.000000345. The number of hydrogen-bond acceptors (Lipinski definition) is 3. The fraction of sp³-hybridized carbons (Fsp3) is 0.579. The maximum atomic E-state index is 11.4. The van der Waals surface area contributed by atoms with Crippen molar-refractivity contribution in [1.82, 2.24) is 9.80 Å². The molecule has 3 rings (SSSR count). The van der Waals surface area contributed by atoms with Gasteiger partial charge in [0.1, 0.15) is 11.7 Å². The summed E-state index contributed by atoms with van der Waals surface area (Å²) in [6.07, 6.45) is -1.27. The molecule has 9 heteroatoms. The van der Waals surface area contributed by atoms with Gasteiger partial charge < -0.3 is 16.2 Å². The molecule has 0 bridgehead atoms. The molecule has 2 aliphatic heterocycles. The number of halogens is 3. The topological polar surface area (TPSA) is 92.4 Å². The number of hydrogen-bond donors (Lipinski definition) is 3. The molecule has 6 nitrogen and oxygen atoms in total. The lowest BCUT2D eigenvalue weighted by Gasteiger charge is -2.44. The van der Waals surface area contributed by atoms with Gasteiger partial charge in [0.05, 0.1) is 12.6 Å². The third kappa shape index (κ3) is 4.47. The van der Waals surface area contributed by atoms with E-state index in [1.165, 1.54) is 37.1 Å². The Labute approximate surface area is 162 Å². The zero-order chi connectivity index (χ0) is 21.1. The van der Waals surface area contributed by atoms with Gasteiger partial charge in [-0.15, -0.1) is 0 Å². The molecular weight excluding hydrogens is 375 g/mol. The Hall–Kier alpha value is -2.13. The van der Waals surface area contributed by atoms with Gasteiger partial charge in [0.15, 0.2) is 0 Å². The Bertz CT molecular complexity index is 733. The van der Waals surface area contributed by atoms with Crippen LogP contribution in [0.5, 0.6) is 0 Å². The van der Waals surface area contributed by atoms with Crippen LogP contribution in [0.4, 0.5) is 18.9 Å². The average molecular weight is 402 g/mol. The van der Waals surface area contributed by atoms with Gasteiger partial charge in [0.2, 0.25) is 5.91 Å². The molecule has 0 spiro atoms. The highest BCUT2D eigenvalue weighted by atomic mass is 19.4. The maximum Gasteiger partial charge on any atom is 0.490 e. The summed E-state index contributed by atoms with van der Waals surface area (Å²) in [6, 6.07) is 7.31. The zero-order valence-electron chi connectivity index (χ0n) is 16.1. The lowest BCUT2D eigenvalue weighted by atomic mass is 10.0. The summed E-state index contributed by atoms with van der Waals surface area (Å²) in [5.74, 6) is -3.10. The van der Waals surface area contributed by atoms with Crippen LogP contribution < -0.4 is 15.5 Å². The second-order valence-corrected chi connectivity index (χ2v) is 7.46. The van der Waals surface area contributed by atoms with Crippen LogP contribution in [0.2, 0.25) is 0 Å². The highest BCUT2D eigenvalue weighted by Gasteiger charge is 2.48. The number of nitrogens with one attached hydrogen (secondary N) is 1. The first-order chi connectivity index (χ1) is 13.0. The maximum absolute atomic E-state index is 11.4. The number of carboxylic acids is 1. The molecule has 0 saturated carbocycles. The molecule has 0 aliphatic carbocycles. The number of alkyl halides is 3. The van der Waals surface area contributed by atoms with Crippen LogP contribution in [-0.4, -0.2) is 54.9 Å². The molecular formula is C19H27F3N3O3+. The minimum Gasteiger partial charge on any atom is -0.475 e. The number of nitrogens with two attached hydrogens (primary N) is 1. The molecule has 4 N–H and O–H groups in total. The summed E-state index contributed by atoms with van der Waals surface area (Å²) >= 11 is 0. The molecule has 0 radical (unpaired) electrons. The highest BCUT2D eigenvalue weighted by molar-refractivity contribution is 5.93. The fourth-order valence-electron chi connectivity index (χ4n) is 4.50. The average Bonchev–Trinajstić information content (AvgIpc) is 3.24. The minimum absolute atomic E-state index is 0.340. The molecule has 156 valence electrons. The second-order valence-electron chi connectivity index (χ2n) is 7.46. The van der Waals surface area contributed by atoms with Crippen LogP contribution in [0.25, 0.3) is 0 Å². The molecule has 2 saturated heterocycles. The number of quaternary nitrogens is 1. The van der Waals surface area contributed by atoms with E-state index in [1.54, 1.807) is 0 Å². The quantitative estimate of drug-likeness (QED) is 0.678. The number of aryl methyl sites for hydroxylation is 1. The van der Waals surface area contributed by atoms with E-state index >= 15 is 0 Å². The lowest BCUT2D eigenvalue weighted by Crippen LogP contribution is -2.60. The van der Waals surface area contributed by atoms with Crippen LogP contribution in [0.3, 0.4) is 0 Å². The van der Waals surface area contributed by atoms with Crippen LogP contribution in [0.1, 0.15) is 42.1 Å². The number of primary amides is 1. The van der Waals surface area contributed by atoms with E-state index < -0.39 is 12.1 Å². The van der Waals surface area contributed by atoms with E-state index in [9.17, 15) is 18.0 Å². The Morgan fingerprint density at radius 1 is 1.29 bits per heavy atom. The van der Waals surface area contributed by atoms with Gasteiger partial charge >= 0.3 is 12.1 Å². The van der Waals surface area contributed by atoms with Crippen LogP contribution >= 0.6 is 0 Å². The van der Waals surface area contributed by atoms with Crippen molar-refractivity contribution in [1.29, 1.82) is 0 Å². The number of benzene rings is 1. The number of rotatable bonds is 3. The number of carboxylic acid groups (broad SMARTS) is 1. The number of carbonyl (C=O) groups is 2. The minimum atomic E-state index is -5.08. The smallest absolute Gasteiger partial charge is 0.475 e. The van der Waals surface area contributed by atoms with E-state index in [2.05, 4.69) is 25.2 Å². The number of amides is 1. The molecule has 1 amide bonds. The van der Waals surface area contributed by atoms with Crippen LogP contribution in [-0.2, 0) is 4.79 Å². The van der Waals surface area contributed by atoms with E-state index in [1.807, 2.05) is 12.1 Å². The van der Waals surface area contributed by atoms with Gasteiger partial charge in [-0.05, 0) is 26.0 Å². The molecule has 2 fully saturated rings. The van der Waals surface area contributed by atoms with Crippen molar-refractivity contribution in [2.45, 2.75) is 51.4 Å². The molecule has 3 unspecified atom stereocenters. The summed E-state index contributed by atoms with van der Waals surface area (Å²) in [5, 5.41) is 10.6. The Morgan fingerprint density at radius 2 is 1.93 bits per heavy atom. The summed E-state index contributed by atoms with van der Waals surface area (Å²) < 4.78 is 32.8. The van der Waals surface area contributed by atoms with Gasteiger partial charge in [-0.3, -0.25) is 9.28 Å². The zero-order valence-corrected chi connectivity index (χ0v) is 16.1. The van der Waals surface area contributed by atoms with Gasteiger partial charge in [0, 0.05) is 49.5 Å². The van der Waals surface area contributed by atoms with Crippen molar-refractivity contribution in [2.24, 2.45) is 5.73 Å². The van der Waals surface area contributed by atoms with Gasteiger partial charge in [0.25, 0.3) is 0 Å². The normalized spacial score (nSPS) is 27.2. The second kappa shape index (κ2) is 8.48. The van der Waals surface area contributed by atoms with E-state index in [0.29, 0.717) is 17.6 Å². The third-order valence-corrected chi connectivity index (χ3v) is 5.79. The Kier molecular flexibility index (Phi) is 6.71. The predicted molar refractivity (Wildman–Crippen MR) is 100 cm³/mol. The van der Waals surface area contributed by atoms with Gasteiger partial charge in [-0.1, -0.05) is 0 Å². The SMILES string of the molecule is Cc1cc(C(N)=O)ccc1[N+]1(C2CCNC2)CCCC1C.O=C(O)C(F)(F)F. The number of aliphatic carboxylic acids is 1. The lowest BCUT2D eigenvalue weighted by molar-refractivity contribution is -0.192. The standard InChI is InChI=1S/C17H25N3O.C2HF3O2/c1-12-10-14(17(18)21)5-6-16(12)20(9-3-4-13(20)2)15-7-8-19-11-15;3-2(4,5)1(6)7/h5-6,10,13,15,19H,3-4,7-9,11H2,1-2H3,(H-,18,21);(H,6,7)/p+1. The van der Waals surface area contributed by atoms with Crippen molar-refractivity contribution in [3.63, 3.8) is 0 Å². The fourth-order valence-corrected chi connectivity index (χ4v) is 4.50. The summed E-state index contributed by atoms with van der Waals surface area (Å²) in [7, 11) is 0. The van der Waals surface area contributed by atoms with Crippen molar-refractivity contribution < 1.29 is 27.9 Å². The van der Waals surface area contributed by atoms with Crippen molar-refractivity contribution in [2.75, 3.05) is 19.6 Å². The summed E-state index contributed by atoms with van der Waals surface area (Å²) in [5.41, 5.74) is 8.62. The molecule has 1 aromatic rings. The molecule has 2 heterocycles. The monoisotopic (exact) mass is 402 g/mol. The first-order valence-electron chi connectivity index (χ1n) is 9.29. The molecule has 0 aromatic heterocycles. The van der Waals surface area contributed by atoms with E-state index in [0.717, 1.165) is 17.6 Å². The van der Waals surface area contributed by atoms with Crippen LogP contribution in [0, 0.1) is 6.92 Å². The molecule has 28 heavy (non-hydrogen) atoms. The number of carbonyl (C=O) groups excluding carboxylic acids is 1.